The predicted molar refractivity (Wildman–Crippen MR) is 299 cm³/mol. The van der Waals surface area contributed by atoms with Crippen molar-refractivity contribution in [2.45, 2.75) is 24.9 Å². The van der Waals surface area contributed by atoms with Crippen molar-refractivity contribution < 1.29 is 0 Å². The second-order valence-electron chi connectivity index (χ2n) is 18.4. The molecule has 12 rings (SSSR count). The number of para-hydroxylation sites is 2. The number of hydrogen-bond acceptors (Lipinski definition) is 2. The van der Waals surface area contributed by atoms with Crippen LogP contribution in [0.2, 0.25) is 0 Å². The minimum Gasteiger partial charge on any atom is -0.356 e. The maximum Gasteiger partial charge on any atom is 0.179 e. The first-order chi connectivity index (χ1) is 34.6. The van der Waals surface area contributed by atoms with Crippen molar-refractivity contribution >= 4 is 62.4 Å². The van der Waals surface area contributed by atoms with Gasteiger partial charge in [0.05, 0.1) is 23.1 Å². The van der Waals surface area contributed by atoms with Crippen molar-refractivity contribution in [3.8, 4) is 5.69 Å². The van der Waals surface area contributed by atoms with Gasteiger partial charge in [-0.05, 0) is 111 Å². The van der Waals surface area contributed by atoms with Gasteiger partial charge in [0.25, 0.3) is 0 Å². The van der Waals surface area contributed by atoms with Gasteiger partial charge in [0.1, 0.15) is 0 Å². The summed E-state index contributed by atoms with van der Waals surface area (Å²) in [6, 6.07) is 69.7. The van der Waals surface area contributed by atoms with Crippen LogP contribution < -0.4 is 25.6 Å². The number of anilines is 1. The fourth-order valence-electron chi connectivity index (χ4n) is 11.7. The Labute approximate surface area is 412 Å². The quantitative estimate of drug-likeness (QED) is 0.0687. The molecule has 7 aromatic carbocycles. The first kappa shape index (κ1) is 42.9. The van der Waals surface area contributed by atoms with Gasteiger partial charge in [-0.2, -0.15) is 0 Å². The van der Waals surface area contributed by atoms with E-state index < -0.39 is 8.07 Å². The molecule has 1 fully saturated rings. The Kier molecular flexibility index (Phi) is 11.2. The number of nitrogens with zero attached hydrogens (tertiary/aromatic N) is 3. The van der Waals surface area contributed by atoms with Crippen molar-refractivity contribution in [3.05, 3.63) is 307 Å². The fourth-order valence-corrected chi connectivity index (χ4v) is 16.4. The van der Waals surface area contributed by atoms with Crippen LogP contribution in [0.3, 0.4) is 0 Å². The second kappa shape index (κ2) is 18.2. The molecule has 2 aliphatic carbocycles. The largest absolute Gasteiger partial charge is 0.356 e. The monoisotopic (exact) mass is 915 g/mol. The molecule has 336 valence electrons. The average molecular weight is 916 g/mol. The lowest BCUT2D eigenvalue weighted by Crippen LogP contribution is -2.74. The first-order valence-corrected chi connectivity index (χ1v) is 26.4. The molecule has 2 atom stereocenters. The molecule has 3 heterocycles. The van der Waals surface area contributed by atoms with E-state index in [4.69, 9.17) is 0 Å². The minimum atomic E-state index is -2.73. The highest BCUT2D eigenvalue weighted by Gasteiger charge is 2.46. The smallest absolute Gasteiger partial charge is 0.179 e. The van der Waals surface area contributed by atoms with Gasteiger partial charge in [0.15, 0.2) is 8.07 Å². The van der Waals surface area contributed by atoms with Crippen LogP contribution in [0.15, 0.2) is 302 Å². The molecular weight excluding hydrogens is 863 g/mol. The Hall–Kier alpha value is -8.44. The first-order valence-electron chi connectivity index (χ1n) is 24.4. The molecule has 0 bridgehead atoms. The van der Waals surface area contributed by atoms with E-state index in [0.29, 0.717) is 6.04 Å². The Balaban J connectivity index is 0.951. The lowest BCUT2D eigenvalue weighted by atomic mass is 9.90. The highest BCUT2D eigenvalue weighted by molar-refractivity contribution is 7.19. The maximum absolute atomic E-state index is 4.45. The molecule has 4 aliphatic rings. The van der Waals surface area contributed by atoms with E-state index in [2.05, 4.69) is 276 Å². The summed E-state index contributed by atoms with van der Waals surface area (Å²) in [4.78, 5) is 5.05. The lowest BCUT2D eigenvalue weighted by Gasteiger charge is -2.36. The summed E-state index contributed by atoms with van der Waals surface area (Å²) < 4.78 is 2.36. The molecule has 1 saturated heterocycles. The molecule has 0 spiro atoms. The van der Waals surface area contributed by atoms with Gasteiger partial charge in [-0.15, -0.1) is 0 Å². The summed E-state index contributed by atoms with van der Waals surface area (Å²) in [5.41, 5.74) is 13.2. The van der Waals surface area contributed by atoms with E-state index in [1.54, 1.807) is 0 Å². The van der Waals surface area contributed by atoms with Crippen LogP contribution in [-0.2, 0) is 0 Å². The molecule has 0 radical (unpaired) electrons. The zero-order valence-electron chi connectivity index (χ0n) is 39.2. The summed E-state index contributed by atoms with van der Waals surface area (Å²) in [6.07, 6.45) is 28.6. The number of fused-ring (bicyclic) bond motifs is 8. The summed E-state index contributed by atoms with van der Waals surface area (Å²) in [5.74, 6) is 0. The molecular formula is C66H53N3Si. The van der Waals surface area contributed by atoms with E-state index in [0.717, 1.165) is 41.2 Å². The normalized spacial score (nSPS) is 18.0. The van der Waals surface area contributed by atoms with Crippen molar-refractivity contribution in [2.75, 3.05) is 4.90 Å². The fraction of sp³-hybridized carbons (Fsp3) is 0.0606. The zero-order valence-corrected chi connectivity index (χ0v) is 40.2. The van der Waals surface area contributed by atoms with Gasteiger partial charge in [-0.25, -0.2) is 0 Å². The number of rotatable bonds is 12. The Morgan fingerprint density at radius 2 is 1.19 bits per heavy atom. The third kappa shape index (κ3) is 7.19. The Bertz CT molecular complexity index is 3410. The van der Waals surface area contributed by atoms with Crippen LogP contribution in [0.5, 0.6) is 0 Å². The third-order valence-electron chi connectivity index (χ3n) is 14.7. The standard InChI is InChI=1S/C66H53N3Si/c1-3-21-58-61-47-53(42-45-65(61)69-62-33-17-14-23-49(62)46-66(58)69)67(50(4-2)24-20-22-48-36-38-52(39-37-48)68-63-34-18-15-31-59(63)60-32-16-19-35-64(60)68)51-40-43-57(44-41-51)70(54-25-8-5-9-26-54,55-27-10-6-11-28-55)56-29-12-7-13-30-56/h3-32,34-44,46-47,62,65H,1-2,33,45H2. The van der Waals surface area contributed by atoms with Crippen molar-refractivity contribution in [3.63, 3.8) is 0 Å². The van der Waals surface area contributed by atoms with Crippen molar-refractivity contribution in [2.24, 2.45) is 0 Å². The summed E-state index contributed by atoms with van der Waals surface area (Å²) in [5, 5.41) is 7.91. The molecule has 0 N–H and O–H groups in total. The van der Waals surface area contributed by atoms with Gasteiger partial charge in [-0.1, -0.05) is 213 Å². The Morgan fingerprint density at radius 1 is 0.600 bits per heavy atom. The Morgan fingerprint density at radius 3 is 1.79 bits per heavy atom. The molecule has 0 amide bonds. The van der Waals surface area contributed by atoms with Crippen molar-refractivity contribution in [1.29, 1.82) is 0 Å². The number of benzene rings is 7. The summed E-state index contributed by atoms with van der Waals surface area (Å²) in [6.45, 7) is 8.63. The van der Waals surface area contributed by atoms with E-state index in [-0.39, 0.29) is 6.04 Å². The van der Waals surface area contributed by atoms with Gasteiger partial charge < -0.3 is 14.4 Å². The molecule has 1 aromatic heterocycles. The van der Waals surface area contributed by atoms with E-state index in [1.165, 1.54) is 65.0 Å². The molecule has 8 aromatic rings. The van der Waals surface area contributed by atoms with Crippen LogP contribution in [0.25, 0.3) is 33.6 Å². The van der Waals surface area contributed by atoms with E-state index >= 15 is 0 Å². The molecule has 2 unspecified atom stereocenters. The van der Waals surface area contributed by atoms with Gasteiger partial charge in [-0.3, -0.25) is 0 Å². The van der Waals surface area contributed by atoms with Crippen LogP contribution in [0.4, 0.5) is 5.69 Å². The molecule has 70 heavy (non-hydrogen) atoms. The minimum absolute atomic E-state index is 0.253. The molecule has 3 nitrogen and oxygen atoms in total. The van der Waals surface area contributed by atoms with E-state index in [9.17, 15) is 0 Å². The second-order valence-corrected chi connectivity index (χ2v) is 22.2. The average Bonchev–Trinajstić information content (AvgIpc) is 4.07. The van der Waals surface area contributed by atoms with Crippen LogP contribution in [0, 0.1) is 0 Å². The van der Waals surface area contributed by atoms with Gasteiger partial charge in [0.2, 0.25) is 0 Å². The highest BCUT2D eigenvalue weighted by atomic mass is 28.3. The number of hydrogen-bond donors (Lipinski definition) is 0. The third-order valence-corrected chi connectivity index (χ3v) is 19.5. The zero-order chi connectivity index (χ0) is 47.0. The topological polar surface area (TPSA) is 11.4 Å². The maximum atomic E-state index is 4.45. The number of aromatic nitrogens is 1. The van der Waals surface area contributed by atoms with Crippen LogP contribution in [0.1, 0.15) is 18.4 Å². The van der Waals surface area contributed by atoms with E-state index in [1.807, 2.05) is 12.2 Å². The molecule has 4 heteroatoms. The summed E-state index contributed by atoms with van der Waals surface area (Å²) >= 11 is 0. The van der Waals surface area contributed by atoms with Gasteiger partial charge in [0, 0.05) is 44.8 Å². The van der Waals surface area contributed by atoms with Crippen molar-refractivity contribution in [1.82, 2.24) is 9.47 Å². The highest BCUT2D eigenvalue weighted by Crippen LogP contribution is 2.50. The molecule has 2 aliphatic heterocycles. The SMILES string of the molecule is C=CC=C1C2=CC(N(C(C=C)=CC=Cc3ccc(-n4c5ccccc5c5ccccc54)cc3)c3ccc([Si](c4ccccc4)(c4ccccc4)c4ccccc4)cc3)=CCC2N2C1=CC1=CC=CCC12. The van der Waals surface area contributed by atoms with Crippen LogP contribution in [-0.4, -0.2) is 29.6 Å². The van der Waals surface area contributed by atoms with Crippen LogP contribution >= 0.6 is 0 Å². The number of allylic oxidation sites excluding steroid dienone is 9. The molecule has 0 saturated carbocycles. The van der Waals surface area contributed by atoms with Gasteiger partial charge >= 0.3 is 0 Å². The summed E-state index contributed by atoms with van der Waals surface area (Å²) in [7, 11) is -2.73. The lowest BCUT2D eigenvalue weighted by molar-refractivity contribution is 0.275. The predicted octanol–water partition coefficient (Wildman–Crippen LogP) is 12.9.